The molecule has 1 N–H and O–H groups in total. The van der Waals surface area contributed by atoms with E-state index in [1.165, 1.54) is 24.3 Å². The van der Waals surface area contributed by atoms with Gasteiger partial charge in [-0.2, -0.15) is 4.31 Å². The Bertz CT molecular complexity index is 1050. The molecule has 0 aliphatic rings. The third-order valence-corrected chi connectivity index (χ3v) is 6.66. The lowest BCUT2D eigenvalue weighted by Crippen LogP contribution is -2.35. The van der Waals surface area contributed by atoms with Crippen LogP contribution in [0.3, 0.4) is 0 Å². The maximum atomic E-state index is 12.8. The summed E-state index contributed by atoms with van der Waals surface area (Å²) in [6, 6.07) is 7.13. The van der Waals surface area contributed by atoms with Gasteiger partial charge in [-0.15, -0.1) is 0 Å². The molecule has 0 bridgehead atoms. The Balaban J connectivity index is 2.16. The number of nitro groups is 2. The predicted octanol–water partition coefficient (Wildman–Crippen LogP) is 3.93. The summed E-state index contributed by atoms with van der Waals surface area (Å²) in [5, 5.41) is 25.0. The summed E-state index contributed by atoms with van der Waals surface area (Å²) in [7, 11) is -3.86. The molecule has 2 aromatic carbocycles. The Morgan fingerprint density at radius 2 is 1.72 bits per heavy atom. The molecule has 13 heteroatoms. The highest BCUT2D eigenvalue weighted by Crippen LogP contribution is 2.29. The van der Waals surface area contributed by atoms with Crippen LogP contribution in [-0.4, -0.2) is 42.2 Å². The molecule has 0 fully saturated rings. The normalized spacial score (nSPS) is 11.4. The first-order chi connectivity index (χ1) is 13.6. The van der Waals surface area contributed by atoms with Gasteiger partial charge < -0.3 is 5.32 Å². The number of sulfonamides is 1. The average Bonchev–Trinajstić information content (AvgIpc) is 2.66. The Morgan fingerprint density at radius 3 is 2.28 bits per heavy atom. The zero-order chi connectivity index (χ0) is 21.8. The minimum atomic E-state index is -3.86. The van der Waals surface area contributed by atoms with Crippen molar-refractivity contribution in [3.63, 3.8) is 0 Å². The fraction of sp³-hybridized carbons (Fsp3) is 0.250. The predicted molar refractivity (Wildman–Crippen MR) is 109 cm³/mol. The zero-order valence-corrected chi connectivity index (χ0v) is 17.4. The molecule has 0 aliphatic carbocycles. The zero-order valence-electron chi connectivity index (χ0n) is 15.0. The van der Waals surface area contributed by atoms with Gasteiger partial charge in [0.25, 0.3) is 11.4 Å². The first-order valence-corrected chi connectivity index (χ1v) is 10.4. The number of benzene rings is 2. The molecule has 0 aromatic heterocycles. The number of nitrogens with zero attached hydrogens (tertiary/aromatic N) is 3. The highest BCUT2D eigenvalue weighted by molar-refractivity contribution is 7.89. The van der Waals surface area contributed by atoms with Crippen molar-refractivity contribution in [2.45, 2.75) is 11.8 Å². The summed E-state index contributed by atoms with van der Waals surface area (Å²) in [5.41, 5.74) is -0.849. The van der Waals surface area contributed by atoms with Crippen LogP contribution in [0, 0.1) is 20.2 Å². The van der Waals surface area contributed by atoms with Crippen molar-refractivity contribution in [1.29, 1.82) is 0 Å². The lowest BCUT2D eigenvalue weighted by atomic mass is 10.2. The molecule has 0 radical (unpaired) electrons. The second kappa shape index (κ2) is 9.35. The Morgan fingerprint density at radius 1 is 1.03 bits per heavy atom. The van der Waals surface area contributed by atoms with Crippen molar-refractivity contribution in [2.75, 3.05) is 25.0 Å². The van der Waals surface area contributed by atoms with Gasteiger partial charge in [-0.25, -0.2) is 8.42 Å². The van der Waals surface area contributed by atoms with Gasteiger partial charge in [0, 0.05) is 25.7 Å². The van der Waals surface area contributed by atoms with Gasteiger partial charge in [-0.05, 0) is 24.3 Å². The van der Waals surface area contributed by atoms with Crippen molar-refractivity contribution in [2.24, 2.45) is 0 Å². The quantitative estimate of drug-likeness (QED) is 0.440. The van der Waals surface area contributed by atoms with Crippen LogP contribution in [0.1, 0.15) is 6.92 Å². The number of hydrogen-bond donors (Lipinski definition) is 1. The summed E-state index contributed by atoms with van der Waals surface area (Å²) in [6.07, 6.45) is 0. The van der Waals surface area contributed by atoms with E-state index in [0.717, 1.165) is 16.4 Å². The highest BCUT2D eigenvalue weighted by atomic mass is 35.5. The Labute approximate surface area is 176 Å². The minimum absolute atomic E-state index is 0.00673. The van der Waals surface area contributed by atoms with Gasteiger partial charge >= 0.3 is 0 Å². The number of rotatable bonds is 9. The maximum Gasteiger partial charge on any atom is 0.299 e. The number of hydrogen-bond acceptors (Lipinski definition) is 7. The van der Waals surface area contributed by atoms with E-state index in [2.05, 4.69) is 5.32 Å². The van der Waals surface area contributed by atoms with Gasteiger partial charge in [0.15, 0.2) is 0 Å². The minimum Gasteiger partial charge on any atom is -0.378 e. The SMILES string of the molecule is CCN(CCNc1ccc([N+](=O)[O-])cc1[N+](=O)[O-])S(=O)(=O)c1ccc(Cl)c(Cl)c1. The third kappa shape index (κ3) is 5.32. The van der Waals surface area contributed by atoms with Crippen molar-refractivity contribution in [3.8, 4) is 0 Å². The van der Waals surface area contributed by atoms with Crippen LogP contribution in [0.5, 0.6) is 0 Å². The van der Waals surface area contributed by atoms with Crippen molar-refractivity contribution >= 4 is 50.3 Å². The molecule has 0 saturated carbocycles. The molecule has 0 amide bonds. The topological polar surface area (TPSA) is 136 Å². The molecule has 0 unspecified atom stereocenters. The van der Waals surface area contributed by atoms with Crippen LogP contribution in [0.25, 0.3) is 0 Å². The average molecular weight is 463 g/mol. The molecule has 10 nitrogen and oxygen atoms in total. The van der Waals surface area contributed by atoms with Crippen LogP contribution in [0.15, 0.2) is 41.3 Å². The first kappa shape index (κ1) is 22.8. The van der Waals surface area contributed by atoms with E-state index in [4.69, 9.17) is 23.2 Å². The van der Waals surface area contributed by atoms with Gasteiger partial charge in [0.2, 0.25) is 10.0 Å². The van der Waals surface area contributed by atoms with Gasteiger partial charge in [-0.3, -0.25) is 20.2 Å². The molecular formula is C16H16Cl2N4O6S. The van der Waals surface area contributed by atoms with E-state index in [9.17, 15) is 28.6 Å². The Kier molecular flexibility index (Phi) is 7.36. The van der Waals surface area contributed by atoms with Crippen LogP contribution in [0.4, 0.5) is 17.1 Å². The lowest BCUT2D eigenvalue weighted by molar-refractivity contribution is -0.393. The fourth-order valence-electron chi connectivity index (χ4n) is 2.48. The molecule has 0 heterocycles. The van der Waals surface area contributed by atoms with Crippen molar-refractivity contribution in [3.05, 3.63) is 66.7 Å². The van der Waals surface area contributed by atoms with Crippen LogP contribution < -0.4 is 5.32 Å². The maximum absolute atomic E-state index is 12.8. The summed E-state index contributed by atoms with van der Waals surface area (Å²) in [6.45, 7) is 1.82. The van der Waals surface area contributed by atoms with Crippen LogP contribution >= 0.6 is 23.2 Å². The number of nitro benzene ring substituents is 2. The standard InChI is InChI=1S/C16H16Cl2N4O6S/c1-2-20(29(27,28)12-4-5-13(17)14(18)10-12)8-7-19-15-6-3-11(21(23)24)9-16(15)22(25)26/h3-6,9-10,19H,2,7-8H2,1H3. The number of halogens is 2. The van der Waals surface area contributed by atoms with Gasteiger partial charge in [0.1, 0.15) is 5.69 Å². The fourth-order valence-corrected chi connectivity index (χ4v) is 4.32. The largest absolute Gasteiger partial charge is 0.378 e. The molecule has 0 atom stereocenters. The van der Waals surface area contributed by atoms with E-state index in [1.807, 2.05) is 0 Å². The molecule has 156 valence electrons. The molecule has 29 heavy (non-hydrogen) atoms. The molecular weight excluding hydrogens is 447 g/mol. The number of anilines is 1. The number of likely N-dealkylation sites (N-methyl/N-ethyl adjacent to an activating group) is 1. The lowest BCUT2D eigenvalue weighted by Gasteiger charge is -2.21. The first-order valence-electron chi connectivity index (χ1n) is 8.19. The number of nitrogens with one attached hydrogen (secondary N) is 1. The van der Waals surface area contributed by atoms with Crippen molar-refractivity contribution in [1.82, 2.24) is 4.31 Å². The van der Waals surface area contributed by atoms with Crippen LogP contribution in [0.2, 0.25) is 10.0 Å². The summed E-state index contributed by atoms with van der Waals surface area (Å²) in [5.74, 6) is 0. The summed E-state index contributed by atoms with van der Waals surface area (Å²) < 4.78 is 26.7. The van der Waals surface area contributed by atoms with E-state index in [0.29, 0.717) is 0 Å². The molecule has 0 spiro atoms. The highest BCUT2D eigenvalue weighted by Gasteiger charge is 2.24. The van der Waals surface area contributed by atoms with E-state index >= 15 is 0 Å². The van der Waals surface area contributed by atoms with E-state index < -0.39 is 31.2 Å². The summed E-state index contributed by atoms with van der Waals surface area (Å²) >= 11 is 11.7. The number of non-ortho nitro benzene ring substituents is 1. The summed E-state index contributed by atoms with van der Waals surface area (Å²) in [4.78, 5) is 20.4. The molecule has 0 saturated heterocycles. The smallest absolute Gasteiger partial charge is 0.299 e. The third-order valence-electron chi connectivity index (χ3n) is 3.95. The van der Waals surface area contributed by atoms with Crippen molar-refractivity contribution < 1.29 is 18.3 Å². The van der Waals surface area contributed by atoms with E-state index in [-0.39, 0.29) is 40.3 Å². The van der Waals surface area contributed by atoms with Gasteiger partial charge in [0.05, 0.1) is 30.9 Å². The van der Waals surface area contributed by atoms with Gasteiger partial charge in [-0.1, -0.05) is 30.1 Å². The van der Waals surface area contributed by atoms with Crippen LogP contribution in [-0.2, 0) is 10.0 Å². The monoisotopic (exact) mass is 462 g/mol. The second-order valence-electron chi connectivity index (χ2n) is 5.72. The molecule has 0 aliphatic heterocycles. The van der Waals surface area contributed by atoms with E-state index in [1.54, 1.807) is 6.92 Å². The second-order valence-corrected chi connectivity index (χ2v) is 8.47. The Hall–Kier alpha value is -2.47. The molecule has 2 aromatic rings. The molecule has 2 rings (SSSR count).